The van der Waals surface area contributed by atoms with E-state index in [2.05, 4.69) is 0 Å². The van der Waals surface area contributed by atoms with Gasteiger partial charge in [0.25, 0.3) is 5.91 Å². The molecule has 1 N–H and O–H groups in total. The third-order valence-corrected chi connectivity index (χ3v) is 3.17. The second kappa shape index (κ2) is 3.79. The van der Waals surface area contributed by atoms with Gasteiger partial charge in [0.05, 0.1) is 0 Å². The minimum absolute atomic E-state index is 0.257. The minimum atomic E-state index is -1.01. The van der Waals surface area contributed by atoms with E-state index >= 15 is 0 Å². The number of carbonyl (C=O) groups excluding carboxylic acids is 1. The number of aliphatic carboxylic acids is 1. The van der Waals surface area contributed by atoms with Gasteiger partial charge in [-0.05, 0) is 17.7 Å². The van der Waals surface area contributed by atoms with Crippen LogP contribution in [0.3, 0.4) is 0 Å². The van der Waals surface area contributed by atoms with Crippen LogP contribution in [0.2, 0.25) is 5.02 Å². The number of benzene rings is 1. The van der Waals surface area contributed by atoms with Crippen LogP contribution < -0.4 is 0 Å². The number of nitrogens with zero attached hydrogens (tertiary/aromatic N) is 1. The van der Waals surface area contributed by atoms with Gasteiger partial charge in [0.15, 0.2) is 0 Å². The number of hydrogen-bond acceptors (Lipinski definition) is 2. The van der Waals surface area contributed by atoms with Crippen molar-refractivity contribution in [1.82, 2.24) is 4.90 Å². The Morgan fingerprint density at radius 2 is 2.25 bits per heavy atom. The van der Waals surface area contributed by atoms with Crippen LogP contribution in [0, 0.1) is 0 Å². The highest BCUT2D eigenvalue weighted by atomic mass is 35.5. The fraction of sp³-hybridized carbons (Fsp3) is 0.273. The van der Waals surface area contributed by atoms with Crippen LogP contribution in [0.1, 0.15) is 15.9 Å². The number of carbonyl (C=O) groups is 2. The molecule has 0 saturated heterocycles. The molecule has 1 unspecified atom stereocenters. The largest absolute Gasteiger partial charge is 0.480 e. The molecular formula is C11H10ClNO3. The fourth-order valence-electron chi connectivity index (χ4n) is 1.88. The van der Waals surface area contributed by atoms with Gasteiger partial charge in [-0.15, -0.1) is 0 Å². The van der Waals surface area contributed by atoms with Gasteiger partial charge in [0, 0.05) is 24.1 Å². The molecule has 0 aliphatic carbocycles. The second-order valence-corrected chi connectivity index (χ2v) is 4.15. The minimum Gasteiger partial charge on any atom is -0.480 e. The first-order valence-corrected chi connectivity index (χ1v) is 5.17. The number of rotatable bonds is 1. The molecule has 0 bridgehead atoms. The van der Waals surface area contributed by atoms with Gasteiger partial charge in [0.1, 0.15) is 6.04 Å². The Morgan fingerprint density at radius 1 is 1.56 bits per heavy atom. The van der Waals surface area contributed by atoms with Gasteiger partial charge in [-0.3, -0.25) is 4.79 Å². The number of halogens is 1. The molecule has 1 aliphatic heterocycles. The fourth-order valence-corrected chi connectivity index (χ4v) is 2.13. The lowest BCUT2D eigenvalue weighted by atomic mass is 9.94. The summed E-state index contributed by atoms with van der Waals surface area (Å²) in [6.07, 6.45) is 0.257. The molecule has 84 valence electrons. The summed E-state index contributed by atoms with van der Waals surface area (Å²) in [5, 5.41) is 9.46. The topological polar surface area (TPSA) is 57.6 Å². The van der Waals surface area contributed by atoms with E-state index in [0.29, 0.717) is 16.1 Å². The van der Waals surface area contributed by atoms with Gasteiger partial charge >= 0.3 is 5.97 Å². The SMILES string of the molecule is CN1C(=O)c2cccc(Cl)c2CC1C(=O)O. The third kappa shape index (κ3) is 1.55. The molecule has 16 heavy (non-hydrogen) atoms. The molecule has 0 saturated carbocycles. The van der Waals surface area contributed by atoms with E-state index in [0.717, 1.165) is 0 Å². The first-order chi connectivity index (χ1) is 7.52. The highest BCUT2D eigenvalue weighted by Gasteiger charge is 2.34. The van der Waals surface area contributed by atoms with Gasteiger partial charge in [-0.1, -0.05) is 17.7 Å². The summed E-state index contributed by atoms with van der Waals surface area (Å²) >= 11 is 5.96. The molecule has 0 radical (unpaired) electrons. The Kier molecular flexibility index (Phi) is 2.59. The first-order valence-electron chi connectivity index (χ1n) is 4.79. The van der Waals surface area contributed by atoms with Crippen LogP contribution in [-0.4, -0.2) is 35.0 Å². The number of carboxylic acid groups (broad SMARTS) is 1. The number of likely N-dealkylation sites (N-methyl/N-ethyl adjacent to an activating group) is 1. The smallest absolute Gasteiger partial charge is 0.326 e. The average molecular weight is 240 g/mol. The van der Waals surface area contributed by atoms with Crippen LogP contribution in [0.5, 0.6) is 0 Å². The first kappa shape index (κ1) is 11.0. The van der Waals surface area contributed by atoms with E-state index in [9.17, 15) is 9.59 Å². The molecule has 1 aliphatic rings. The maximum atomic E-state index is 11.9. The van der Waals surface area contributed by atoms with Crippen molar-refractivity contribution in [2.75, 3.05) is 7.05 Å². The molecule has 0 spiro atoms. The summed E-state index contributed by atoms with van der Waals surface area (Å²) in [5.74, 6) is -1.31. The van der Waals surface area contributed by atoms with E-state index in [1.165, 1.54) is 11.9 Å². The quantitative estimate of drug-likeness (QED) is 0.806. The number of hydrogen-bond donors (Lipinski definition) is 1. The number of amides is 1. The lowest BCUT2D eigenvalue weighted by Crippen LogP contribution is -2.47. The van der Waals surface area contributed by atoms with E-state index < -0.39 is 12.0 Å². The van der Waals surface area contributed by atoms with E-state index in [4.69, 9.17) is 16.7 Å². The van der Waals surface area contributed by atoms with Crippen LogP contribution in [0.15, 0.2) is 18.2 Å². The third-order valence-electron chi connectivity index (χ3n) is 2.82. The summed E-state index contributed by atoms with van der Waals surface area (Å²) in [6.45, 7) is 0. The summed E-state index contributed by atoms with van der Waals surface area (Å²) in [7, 11) is 1.49. The Morgan fingerprint density at radius 3 is 2.88 bits per heavy atom. The van der Waals surface area contributed by atoms with Crippen molar-refractivity contribution in [1.29, 1.82) is 0 Å². The monoisotopic (exact) mass is 239 g/mol. The zero-order chi connectivity index (χ0) is 11.9. The van der Waals surface area contributed by atoms with Crippen LogP contribution in [0.25, 0.3) is 0 Å². The lowest BCUT2D eigenvalue weighted by Gasteiger charge is -2.31. The molecule has 0 aromatic heterocycles. The molecule has 1 aromatic carbocycles. The summed E-state index contributed by atoms with van der Waals surface area (Å²) < 4.78 is 0. The Balaban J connectivity index is 2.53. The summed E-state index contributed by atoms with van der Waals surface area (Å²) in [5.41, 5.74) is 1.12. The maximum Gasteiger partial charge on any atom is 0.326 e. The van der Waals surface area contributed by atoms with Crippen molar-refractivity contribution in [2.45, 2.75) is 12.5 Å². The van der Waals surface area contributed by atoms with Crippen molar-refractivity contribution in [3.05, 3.63) is 34.3 Å². The zero-order valence-electron chi connectivity index (χ0n) is 8.61. The van der Waals surface area contributed by atoms with E-state index in [1.807, 2.05) is 0 Å². The summed E-state index contributed by atoms with van der Waals surface area (Å²) in [6, 6.07) is 4.18. The van der Waals surface area contributed by atoms with Crippen LogP contribution in [0.4, 0.5) is 0 Å². The van der Waals surface area contributed by atoms with Gasteiger partial charge in [-0.25, -0.2) is 4.79 Å². The van der Waals surface area contributed by atoms with E-state index in [-0.39, 0.29) is 12.3 Å². The molecule has 1 aromatic rings. The van der Waals surface area contributed by atoms with Gasteiger partial charge in [0.2, 0.25) is 0 Å². The zero-order valence-corrected chi connectivity index (χ0v) is 9.36. The number of carboxylic acids is 1. The van der Waals surface area contributed by atoms with Crippen molar-refractivity contribution in [3.63, 3.8) is 0 Å². The maximum absolute atomic E-state index is 11.9. The van der Waals surface area contributed by atoms with Gasteiger partial charge < -0.3 is 10.0 Å². The standard InChI is InChI=1S/C11H10ClNO3/c1-13-9(11(15)16)5-7-6(10(13)14)3-2-4-8(7)12/h2-4,9H,5H2,1H3,(H,15,16). The average Bonchev–Trinajstić information content (AvgIpc) is 2.23. The molecule has 0 fully saturated rings. The second-order valence-electron chi connectivity index (χ2n) is 3.74. The van der Waals surface area contributed by atoms with Crippen LogP contribution in [-0.2, 0) is 11.2 Å². The molecule has 5 heteroatoms. The normalized spacial score (nSPS) is 19.5. The predicted octanol–water partition coefficient (Wildman–Crippen LogP) is 1.42. The lowest BCUT2D eigenvalue weighted by molar-refractivity contribution is -0.142. The molecule has 1 atom stereocenters. The predicted molar refractivity (Wildman–Crippen MR) is 58.7 cm³/mol. The summed E-state index contributed by atoms with van der Waals surface area (Å²) in [4.78, 5) is 24.1. The molecular weight excluding hydrogens is 230 g/mol. The van der Waals surface area contributed by atoms with Crippen molar-refractivity contribution in [2.24, 2.45) is 0 Å². The van der Waals surface area contributed by atoms with Crippen molar-refractivity contribution < 1.29 is 14.7 Å². The van der Waals surface area contributed by atoms with Crippen molar-refractivity contribution >= 4 is 23.5 Å². The highest BCUT2D eigenvalue weighted by Crippen LogP contribution is 2.28. The Bertz CT molecular complexity index is 472. The molecule has 2 rings (SSSR count). The Labute approximate surface area is 97.4 Å². The van der Waals surface area contributed by atoms with Gasteiger partial charge in [-0.2, -0.15) is 0 Å². The van der Waals surface area contributed by atoms with E-state index in [1.54, 1.807) is 18.2 Å². The number of fused-ring (bicyclic) bond motifs is 1. The Hall–Kier alpha value is -1.55. The molecule has 4 nitrogen and oxygen atoms in total. The van der Waals surface area contributed by atoms with Crippen LogP contribution >= 0.6 is 11.6 Å². The molecule has 1 amide bonds. The highest BCUT2D eigenvalue weighted by molar-refractivity contribution is 6.32. The molecule has 1 heterocycles. The van der Waals surface area contributed by atoms with Crippen molar-refractivity contribution in [3.8, 4) is 0 Å².